The number of rotatable bonds is 3. The first-order chi connectivity index (χ1) is 8.58. The molecule has 1 atom stereocenters. The van der Waals surface area contributed by atoms with Crippen molar-refractivity contribution in [2.45, 2.75) is 31.8 Å². The predicted molar refractivity (Wildman–Crippen MR) is 67.9 cm³/mol. The second-order valence-corrected chi connectivity index (χ2v) is 4.84. The molecule has 0 spiro atoms. The van der Waals surface area contributed by atoms with E-state index in [1.165, 1.54) is 35.7 Å². The maximum atomic E-state index is 11.7. The number of aromatic carboxylic acids is 1. The van der Waals surface area contributed by atoms with E-state index in [2.05, 4.69) is 11.9 Å². The first kappa shape index (κ1) is 12.8. The number of nitrogens with zero attached hydrogens (tertiary/aromatic N) is 2. The minimum absolute atomic E-state index is 0.140. The van der Waals surface area contributed by atoms with Crippen molar-refractivity contribution in [3.05, 3.63) is 34.2 Å². The summed E-state index contributed by atoms with van der Waals surface area (Å²) in [4.78, 5) is 24.9. The molecule has 1 fully saturated rings. The summed E-state index contributed by atoms with van der Waals surface area (Å²) in [6.07, 6.45) is 4.85. The summed E-state index contributed by atoms with van der Waals surface area (Å²) >= 11 is 0. The number of carboxylic acids is 1. The molecule has 0 amide bonds. The lowest BCUT2D eigenvalue weighted by molar-refractivity contribution is 0.0695. The quantitative estimate of drug-likeness (QED) is 0.870. The molecule has 0 radical (unpaired) electrons. The first-order valence-corrected chi connectivity index (χ1v) is 6.22. The van der Waals surface area contributed by atoms with Gasteiger partial charge in [-0.25, -0.2) is 4.79 Å². The normalized spacial score (nSPS) is 20.8. The maximum absolute atomic E-state index is 11.7. The Morgan fingerprint density at radius 2 is 2.22 bits per heavy atom. The van der Waals surface area contributed by atoms with Gasteiger partial charge in [0, 0.05) is 24.8 Å². The van der Waals surface area contributed by atoms with Gasteiger partial charge in [-0.3, -0.25) is 4.79 Å². The number of carbonyl (C=O) groups is 1. The summed E-state index contributed by atoms with van der Waals surface area (Å²) in [5.74, 6) is -0.999. The predicted octanol–water partition coefficient (Wildman–Crippen LogP) is 1.03. The number of carboxylic acid groups (broad SMARTS) is 1. The third kappa shape index (κ3) is 2.79. The van der Waals surface area contributed by atoms with Crippen molar-refractivity contribution in [2.75, 3.05) is 13.6 Å². The molecule has 18 heavy (non-hydrogen) atoms. The highest BCUT2D eigenvalue weighted by Gasteiger charge is 2.19. The molecule has 98 valence electrons. The second kappa shape index (κ2) is 5.35. The molecular formula is C13H18N2O3. The van der Waals surface area contributed by atoms with E-state index in [-0.39, 0.29) is 11.1 Å². The van der Waals surface area contributed by atoms with Crippen molar-refractivity contribution < 1.29 is 9.90 Å². The number of hydrogen-bond donors (Lipinski definition) is 1. The van der Waals surface area contributed by atoms with Gasteiger partial charge in [-0.2, -0.15) is 0 Å². The standard InChI is InChI=1S/C13H18N2O3/c1-14-7-3-2-4-11(14)9-15-8-10(13(17)18)5-6-12(15)16/h5-6,8,11H,2-4,7,9H2,1H3,(H,17,18). The van der Waals surface area contributed by atoms with E-state index in [1.807, 2.05) is 0 Å². The van der Waals surface area contributed by atoms with Crippen molar-refractivity contribution in [2.24, 2.45) is 0 Å². The number of likely N-dealkylation sites (N-methyl/N-ethyl adjacent to an activating group) is 1. The number of hydrogen-bond acceptors (Lipinski definition) is 3. The fraction of sp³-hybridized carbons (Fsp3) is 0.538. The summed E-state index contributed by atoms with van der Waals surface area (Å²) in [5.41, 5.74) is 0.0204. The molecule has 5 heteroatoms. The summed E-state index contributed by atoms with van der Waals surface area (Å²) in [5, 5.41) is 8.93. The highest BCUT2D eigenvalue weighted by Crippen LogP contribution is 2.16. The number of piperidine rings is 1. The van der Waals surface area contributed by atoms with Crippen LogP contribution >= 0.6 is 0 Å². The minimum atomic E-state index is -0.999. The van der Waals surface area contributed by atoms with Gasteiger partial charge in [-0.1, -0.05) is 6.42 Å². The van der Waals surface area contributed by atoms with Gasteiger partial charge in [-0.05, 0) is 32.5 Å². The summed E-state index contributed by atoms with van der Waals surface area (Å²) in [7, 11) is 2.05. The molecule has 1 aliphatic heterocycles. The average Bonchev–Trinajstić information content (AvgIpc) is 2.34. The van der Waals surface area contributed by atoms with E-state index in [1.54, 1.807) is 0 Å². The molecule has 1 unspecified atom stereocenters. The minimum Gasteiger partial charge on any atom is -0.478 e. The van der Waals surface area contributed by atoms with Crippen LogP contribution in [0.3, 0.4) is 0 Å². The zero-order valence-corrected chi connectivity index (χ0v) is 10.5. The van der Waals surface area contributed by atoms with Crippen LogP contribution in [-0.2, 0) is 6.54 Å². The Balaban J connectivity index is 2.19. The van der Waals surface area contributed by atoms with Gasteiger partial charge in [-0.15, -0.1) is 0 Å². The first-order valence-electron chi connectivity index (χ1n) is 6.22. The molecular weight excluding hydrogens is 232 g/mol. The molecule has 0 saturated carbocycles. The van der Waals surface area contributed by atoms with Gasteiger partial charge in [0.25, 0.3) is 5.56 Å². The molecule has 2 heterocycles. The molecule has 1 saturated heterocycles. The summed E-state index contributed by atoms with van der Waals surface area (Å²) in [6, 6.07) is 3.00. The van der Waals surface area contributed by atoms with E-state index >= 15 is 0 Å². The van der Waals surface area contributed by atoms with Crippen molar-refractivity contribution in [3.63, 3.8) is 0 Å². The van der Waals surface area contributed by atoms with Crippen molar-refractivity contribution in [1.29, 1.82) is 0 Å². The van der Waals surface area contributed by atoms with Gasteiger partial charge in [0.05, 0.1) is 5.56 Å². The van der Waals surface area contributed by atoms with Crippen LogP contribution in [0.1, 0.15) is 29.6 Å². The van der Waals surface area contributed by atoms with E-state index in [9.17, 15) is 9.59 Å². The molecule has 5 nitrogen and oxygen atoms in total. The fourth-order valence-corrected chi connectivity index (χ4v) is 2.40. The lowest BCUT2D eigenvalue weighted by Gasteiger charge is -2.32. The molecule has 1 aromatic heterocycles. The molecule has 0 aliphatic carbocycles. The fourth-order valence-electron chi connectivity index (χ4n) is 2.40. The molecule has 1 N–H and O–H groups in total. The maximum Gasteiger partial charge on any atom is 0.337 e. The Hall–Kier alpha value is -1.62. The Bertz CT molecular complexity index is 495. The van der Waals surface area contributed by atoms with Crippen LogP contribution in [0.4, 0.5) is 0 Å². The van der Waals surface area contributed by atoms with Gasteiger partial charge in [0.1, 0.15) is 0 Å². The van der Waals surface area contributed by atoms with Crippen LogP contribution in [-0.4, -0.2) is 40.2 Å². The third-order valence-electron chi connectivity index (χ3n) is 3.56. The van der Waals surface area contributed by atoms with Crippen LogP contribution in [0.25, 0.3) is 0 Å². The van der Waals surface area contributed by atoms with Gasteiger partial charge in [0.15, 0.2) is 0 Å². The van der Waals surface area contributed by atoms with Crippen LogP contribution in [0.2, 0.25) is 0 Å². The van der Waals surface area contributed by atoms with E-state index in [0.717, 1.165) is 13.0 Å². The lowest BCUT2D eigenvalue weighted by atomic mass is 10.0. The third-order valence-corrected chi connectivity index (χ3v) is 3.56. The Morgan fingerprint density at radius 3 is 2.89 bits per heavy atom. The SMILES string of the molecule is CN1CCCCC1Cn1cc(C(=O)O)ccc1=O. The highest BCUT2D eigenvalue weighted by molar-refractivity contribution is 5.87. The Morgan fingerprint density at radius 1 is 1.44 bits per heavy atom. The molecule has 2 rings (SSSR count). The number of likely N-dealkylation sites (tertiary alicyclic amines) is 1. The highest BCUT2D eigenvalue weighted by atomic mass is 16.4. The van der Waals surface area contributed by atoms with Crippen molar-refractivity contribution >= 4 is 5.97 Å². The topological polar surface area (TPSA) is 62.5 Å². The number of aromatic nitrogens is 1. The smallest absolute Gasteiger partial charge is 0.337 e. The van der Waals surface area contributed by atoms with E-state index in [4.69, 9.17) is 5.11 Å². The molecule has 0 aromatic carbocycles. The van der Waals surface area contributed by atoms with Crippen LogP contribution < -0.4 is 5.56 Å². The van der Waals surface area contributed by atoms with Gasteiger partial charge < -0.3 is 14.6 Å². The second-order valence-electron chi connectivity index (χ2n) is 4.84. The largest absolute Gasteiger partial charge is 0.478 e. The van der Waals surface area contributed by atoms with E-state index in [0.29, 0.717) is 12.6 Å². The van der Waals surface area contributed by atoms with Gasteiger partial charge >= 0.3 is 5.97 Å². The van der Waals surface area contributed by atoms with Crippen molar-refractivity contribution in [1.82, 2.24) is 9.47 Å². The van der Waals surface area contributed by atoms with Crippen LogP contribution in [0.5, 0.6) is 0 Å². The summed E-state index contributed by atoms with van der Waals surface area (Å²) < 4.78 is 1.51. The molecule has 1 aromatic rings. The Labute approximate surface area is 106 Å². The number of pyridine rings is 1. The zero-order chi connectivity index (χ0) is 13.1. The molecule has 1 aliphatic rings. The van der Waals surface area contributed by atoms with Crippen LogP contribution in [0, 0.1) is 0 Å². The van der Waals surface area contributed by atoms with Crippen LogP contribution in [0.15, 0.2) is 23.1 Å². The average molecular weight is 250 g/mol. The monoisotopic (exact) mass is 250 g/mol. The molecule has 0 bridgehead atoms. The lowest BCUT2D eigenvalue weighted by Crippen LogP contribution is -2.41. The Kier molecular flexibility index (Phi) is 3.81. The van der Waals surface area contributed by atoms with E-state index < -0.39 is 5.97 Å². The van der Waals surface area contributed by atoms with Crippen molar-refractivity contribution in [3.8, 4) is 0 Å². The summed E-state index contributed by atoms with van der Waals surface area (Å²) in [6.45, 7) is 1.61. The van der Waals surface area contributed by atoms with Gasteiger partial charge in [0.2, 0.25) is 0 Å². The zero-order valence-electron chi connectivity index (χ0n) is 10.5.